The van der Waals surface area contributed by atoms with E-state index in [-0.39, 0.29) is 11.8 Å². The van der Waals surface area contributed by atoms with E-state index < -0.39 is 0 Å². The minimum Gasteiger partial charge on any atom is -0.494 e. The average molecular weight is 298 g/mol. The molecule has 1 aliphatic rings. The number of nitrogens with zero attached hydrogens (tertiary/aromatic N) is 2. The van der Waals surface area contributed by atoms with Gasteiger partial charge in [0.2, 0.25) is 5.91 Å². The zero-order valence-electron chi connectivity index (χ0n) is 13.4. The molecule has 1 aromatic heterocycles. The summed E-state index contributed by atoms with van der Waals surface area (Å²) >= 11 is 0. The zero-order chi connectivity index (χ0) is 15.7. The molecule has 22 heavy (non-hydrogen) atoms. The largest absolute Gasteiger partial charge is 0.494 e. The van der Waals surface area contributed by atoms with Gasteiger partial charge >= 0.3 is 0 Å². The molecule has 2 aromatic rings. The van der Waals surface area contributed by atoms with Gasteiger partial charge in [0.25, 0.3) is 0 Å². The number of para-hydroxylation sites is 1. The van der Waals surface area contributed by atoms with Crippen molar-refractivity contribution in [3.8, 4) is 5.75 Å². The van der Waals surface area contributed by atoms with Crippen LogP contribution in [0.4, 0.5) is 5.82 Å². The van der Waals surface area contributed by atoms with Crippen LogP contribution in [0.25, 0.3) is 10.9 Å². The molecule has 0 N–H and O–H groups in total. The molecule has 1 aliphatic heterocycles. The molecule has 0 saturated carbocycles. The van der Waals surface area contributed by atoms with Crippen LogP contribution < -0.4 is 9.64 Å². The van der Waals surface area contributed by atoms with E-state index in [1.807, 2.05) is 23.1 Å². The molecule has 2 heterocycles. The molecule has 0 atom stereocenters. The van der Waals surface area contributed by atoms with Crippen LogP contribution in [0.15, 0.2) is 24.3 Å². The molecule has 0 fully saturated rings. The van der Waals surface area contributed by atoms with E-state index in [0.717, 1.165) is 53.8 Å². The van der Waals surface area contributed by atoms with Gasteiger partial charge in [0.15, 0.2) is 0 Å². The number of benzene rings is 1. The lowest BCUT2D eigenvalue weighted by molar-refractivity contribution is -0.122. The number of ether oxygens (including phenoxy) is 1. The number of carbonyl (C=O) groups excluding carboxylic acids is 1. The number of methoxy groups -OCH3 is 1. The molecule has 0 bridgehead atoms. The highest BCUT2D eigenvalue weighted by atomic mass is 16.5. The monoisotopic (exact) mass is 298 g/mol. The lowest BCUT2D eigenvalue weighted by atomic mass is 10.0. The first-order chi connectivity index (χ1) is 10.7. The van der Waals surface area contributed by atoms with Crippen LogP contribution in [0, 0.1) is 5.92 Å². The number of rotatable bonds is 4. The molecule has 1 amide bonds. The van der Waals surface area contributed by atoms with E-state index in [0.29, 0.717) is 0 Å². The molecular weight excluding hydrogens is 276 g/mol. The Hall–Kier alpha value is -2.10. The van der Waals surface area contributed by atoms with Gasteiger partial charge in [-0.05, 0) is 37.0 Å². The SMILES string of the molecule is CCC(CC)C(=O)N1CCc2cc3cccc(OC)c3nc21. The predicted molar refractivity (Wildman–Crippen MR) is 88.4 cm³/mol. The third-order valence-corrected chi connectivity index (χ3v) is 4.55. The van der Waals surface area contributed by atoms with E-state index in [1.54, 1.807) is 7.11 Å². The number of hydrogen-bond donors (Lipinski definition) is 0. The van der Waals surface area contributed by atoms with Crippen molar-refractivity contribution in [2.45, 2.75) is 33.1 Å². The highest BCUT2D eigenvalue weighted by molar-refractivity contribution is 5.98. The van der Waals surface area contributed by atoms with Crippen molar-refractivity contribution in [3.05, 3.63) is 29.8 Å². The molecule has 116 valence electrons. The molecule has 0 radical (unpaired) electrons. The van der Waals surface area contributed by atoms with Crippen molar-refractivity contribution in [2.75, 3.05) is 18.6 Å². The quantitative estimate of drug-likeness (QED) is 0.866. The Balaban J connectivity index is 2.06. The Kier molecular flexibility index (Phi) is 4.01. The van der Waals surface area contributed by atoms with Gasteiger partial charge in [-0.15, -0.1) is 0 Å². The van der Waals surface area contributed by atoms with Gasteiger partial charge < -0.3 is 4.74 Å². The number of hydrogen-bond acceptors (Lipinski definition) is 3. The first kappa shape index (κ1) is 14.8. The fourth-order valence-electron chi connectivity index (χ4n) is 3.20. The maximum atomic E-state index is 12.7. The number of carbonyl (C=O) groups is 1. The fraction of sp³-hybridized carbons (Fsp3) is 0.444. The second-order valence-electron chi connectivity index (χ2n) is 5.76. The average Bonchev–Trinajstić information content (AvgIpc) is 2.96. The number of pyridine rings is 1. The topological polar surface area (TPSA) is 42.4 Å². The van der Waals surface area contributed by atoms with Crippen molar-refractivity contribution < 1.29 is 9.53 Å². The van der Waals surface area contributed by atoms with E-state index in [1.165, 1.54) is 0 Å². The van der Waals surface area contributed by atoms with Crippen LogP contribution in [0.3, 0.4) is 0 Å². The van der Waals surface area contributed by atoms with Crippen LogP contribution in [0.1, 0.15) is 32.3 Å². The summed E-state index contributed by atoms with van der Waals surface area (Å²) < 4.78 is 5.41. The molecule has 4 nitrogen and oxygen atoms in total. The summed E-state index contributed by atoms with van der Waals surface area (Å²) in [6, 6.07) is 8.05. The van der Waals surface area contributed by atoms with Crippen LogP contribution in [-0.4, -0.2) is 24.5 Å². The van der Waals surface area contributed by atoms with Crippen molar-refractivity contribution >= 4 is 22.6 Å². The second-order valence-corrected chi connectivity index (χ2v) is 5.76. The standard InChI is InChI=1S/C18H22N2O2/c1-4-12(5-2)18(21)20-10-9-14-11-13-7-6-8-15(22-3)16(13)19-17(14)20/h6-8,11-12H,4-5,9-10H2,1-3H3. The van der Waals surface area contributed by atoms with E-state index in [2.05, 4.69) is 19.9 Å². The number of anilines is 1. The second kappa shape index (κ2) is 5.95. The molecule has 1 aromatic carbocycles. The highest BCUT2D eigenvalue weighted by Crippen LogP contribution is 2.34. The van der Waals surface area contributed by atoms with Gasteiger partial charge in [-0.3, -0.25) is 9.69 Å². The van der Waals surface area contributed by atoms with Crippen LogP contribution in [0.5, 0.6) is 5.75 Å². The van der Waals surface area contributed by atoms with Gasteiger partial charge in [0.1, 0.15) is 17.1 Å². The summed E-state index contributed by atoms with van der Waals surface area (Å²) in [5.74, 6) is 1.85. The van der Waals surface area contributed by atoms with Crippen LogP contribution in [0.2, 0.25) is 0 Å². The Morgan fingerprint density at radius 1 is 1.36 bits per heavy atom. The summed E-state index contributed by atoms with van der Waals surface area (Å²) in [4.78, 5) is 19.3. The molecule has 0 spiro atoms. The molecule has 0 saturated heterocycles. The lowest BCUT2D eigenvalue weighted by Crippen LogP contribution is -2.34. The maximum Gasteiger partial charge on any atom is 0.231 e. The Labute approximate surface area is 131 Å². The summed E-state index contributed by atoms with van der Waals surface area (Å²) in [6.07, 6.45) is 2.62. The van der Waals surface area contributed by atoms with Gasteiger partial charge in [0.05, 0.1) is 7.11 Å². The van der Waals surface area contributed by atoms with E-state index in [9.17, 15) is 4.79 Å². The maximum absolute atomic E-state index is 12.7. The number of aromatic nitrogens is 1. The van der Waals surface area contributed by atoms with Gasteiger partial charge in [-0.1, -0.05) is 26.0 Å². The van der Waals surface area contributed by atoms with Crippen molar-refractivity contribution in [2.24, 2.45) is 5.92 Å². The lowest BCUT2D eigenvalue weighted by Gasteiger charge is -2.22. The minimum atomic E-state index is 0.0844. The first-order valence-electron chi connectivity index (χ1n) is 7.97. The molecule has 3 rings (SSSR count). The normalized spacial score (nSPS) is 13.7. The summed E-state index contributed by atoms with van der Waals surface area (Å²) in [5.41, 5.74) is 1.98. The number of fused-ring (bicyclic) bond motifs is 2. The summed E-state index contributed by atoms with van der Waals surface area (Å²) in [6.45, 7) is 4.87. The zero-order valence-corrected chi connectivity index (χ0v) is 13.4. The highest BCUT2D eigenvalue weighted by Gasteiger charge is 2.30. The fourth-order valence-corrected chi connectivity index (χ4v) is 3.20. The molecule has 0 unspecified atom stereocenters. The van der Waals surface area contributed by atoms with Crippen LogP contribution in [-0.2, 0) is 11.2 Å². The molecule has 0 aliphatic carbocycles. The smallest absolute Gasteiger partial charge is 0.231 e. The predicted octanol–water partition coefficient (Wildman–Crippen LogP) is 3.57. The third-order valence-electron chi connectivity index (χ3n) is 4.55. The van der Waals surface area contributed by atoms with Gasteiger partial charge in [-0.2, -0.15) is 0 Å². The van der Waals surface area contributed by atoms with Gasteiger partial charge in [-0.25, -0.2) is 4.98 Å². The van der Waals surface area contributed by atoms with Gasteiger partial charge in [0, 0.05) is 17.8 Å². The summed E-state index contributed by atoms with van der Waals surface area (Å²) in [5, 5.41) is 1.06. The number of amides is 1. The Morgan fingerprint density at radius 3 is 2.82 bits per heavy atom. The Morgan fingerprint density at radius 2 is 2.14 bits per heavy atom. The van der Waals surface area contributed by atoms with E-state index in [4.69, 9.17) is 9.72 Å². The van der Waals surface area contributed by atoms with Crippen molar-refractivity contribution in [3.63, 3.8) is 0 Å². The van der Waals surface area contributed by atoms with Crippen LogP contribution >= 0.6 is 0 Å². The summed E-state index contributed by atoms with van der Waals surface area (Å²) in [7, 11) is 1.65. The first-order valence-corrected chi connectivity index (χ1v) is 7.97. The Bertz CT molecular complexity index is 708. The molecular formula is C18H22N2O2. The van der Waals surface area contributed by atoms with E-state index >= 15 is 0 Å². The van der Waals surface area contributed by atoms with Crippen molar-refractivity contribution in [1.82, 2.24) is 4.98 Å². The minimum absolute atomic E-state index is 0.0844. The third kappa shape index (κ3) is 2.32. The van der Waals surface area contributed by atoms with Crippen molar-refractivity contribution in [1.29, 1.82) is 0 Å². The molecule has 4 heteroatoms.